The topological polar surface area (TPSA) is 29.1 Å². The van der Waals surface area contributed by atoms with Crippen LogP contribution in [0.1, 0.15) is 31.0 Å². The zero-order chi connectivity index (χ0) is 12.1. The first-order valence-corrected chi connectivity index (χ1v) is 7.35. The molecule has 0 aliphatic heterocycles. The molecule has 0 aliphatic carbocycles. The Kier molecular flexibility index (Phi) is 5.16. The fourth-order valence-electron chi connectivity index (χ4n) is 1.99. The largest absolute Gasteiger partial charge is 0.307 e. The minimum Gasteiger partial charge on any atom is -0.307 e. The molecule has 0 amide bonds. The van der Waals surface area contributed by atoms with Crippen LogP contribution in [0.25, 0.3) is 0 Å². The van der Waals surface area contributed by atoms with E-state index >= 15 is 0 Å². The summed E-state index contributed by atoms with van der Waals surface area (Å²) in [4.78, 5) is 0. The second kappa shape index (κ2) is 6.16. The van der Waals surface area contributed by atoms with Crippen LogP contribution in [0.4, 0.5) is 0 Å². The first kappa shape index (κ1) is 13.4. The Morgan fingerprint density at radius 3 is 2.50 bits per heavy atom. The predicted molar refractivity (Wildman–Crippen MR) is 71.1 cm³/mol. The van der Waals surface area contributed by atoms with Crippen LogP contribution in [0.3, 0.4) is 0 Å². The molecule has 0 fully saturated rings. The van der Waals surface area contributed by atoms with Gasteiger partial charge in [0.2, 0.25) is 0 Å². The Morgan fingerprint density at radius 1 is 1.31 bits per heavy atom. The Hall–Kier alpha value is -0.670. The van der Waals surface area contributed by atoms with Crippen LogP contribution in [0, 0.1) is 6.92 Å². The molecule has 16 heavy (non-hydrogen) atoms. The third-order valence-corrected chi connectivity index (χ3v) is 3.64. The summed E-state index contributed by atoms with van der Waals surface area (Å²) in [5.74, 6) is 0.705. The van der Waals surface area contributed by atoms with E-state index in [1.54, 1.807) is 6.26 Å². The highest BCUT2D eigenvalue weighted by Gasteiger charge is 2.11. The average Bonchev–Trinajstić information content (AvgIpc) is 2.16. The SMILES string of the molecule is Cc1ccccc1C(C)NC(C)CS(C)=O. The molecular weight excluding hydrogens is 218 g/mol. The maximum absolute atomic E-state index is 11.1. The van der Waals surface area contributed by atoms with Gasteiger partial charge in [-0.2, -0.15) is 0 Å². The number of hydrogen-bond donors (Lipinski definition) is 1. The monoisotopic (exact) mass is 239 g/mol. The standard InChI is InChI=1S/C13H21NOS/c1-10-7-5-6-8-13(10)12(3)14-11(2)9-16(4)15/h5-8,11-12,14H,9H2,1-4H3. The van der Waals surface area contributed by atoms with E-state index in [4.69, 9.17) is 0 Å². The van der Waals surface area contributed by atoms with E-state index in [9.17, 15) is 4.21 Å². The Morgan fingerprint density at radius 2 is 1.94 bits per heavy atom. The minimum absolute atomic E-state index is 0.278. The smallest absolute Gasteiger partial charge is 0.0383 e. The van der Waals surface area contributed by atoms with Crippen LogP contribution in [0.2, 0.25) is 0 Å². The molecule has 0 radical (unpaired) electrons. The van der Waals surface area contributed by atoms with Crippen LogP contribution in [-0.4, -0.2) is 22.3 Å². The lowest BCUT2D eigenvalue weighted by atomic mass is 10.0. The molecule has 0 saturated heterocycles. The molecule has 0 aliphatic rings. The van der Waals surface area contributed by atoms with Crippen molar-refractivity contribution in [3.63, 3.8) is 0 Å². The summed E-state index contributed by atoms with van der Waals surface area (Å²) in [7, 11) is -0.736. The summed E-state index contributed by atoms with van der Waals surface area (Å²) in [6.45, 7) is 6.35. The number of hydrogen-bond acceptors (Lipinski definition) is 2. The lowest BCUT2D eigenvalue weighted by Gasteiger charge is -2.21. The lowest BCUT2D eigenvalue weighted by Crippen LogP contribution is -2.33. The number of rotatable bonds is 5. The Labute approximate surface area is 101 Å². The highest BCUT2D eigenvalue weighted by Crippen LogP contribution is 2.17. The summed E-state index contributed by atoms with van der Waals surface area (Å²) in [5, 5.41) is 3.48. The van der Waals surface area contributed by atoms with Gasteiger partial charge < -0.3 is 5.32 Å². The van der Waals surface area contributed by atoms with E-state index in [0.717, 1.165) is 0 Å². The van der Waals surface area contributed by atoms with E-state index in [-0.39, 0.29) is 6.04 Å². The molecule has 0 aromatic heterocycles. The molecule has 1 rings (SSSR count). The first-order chi connectivity index (χ1) is 7.50. The van der Waals surface area contributed by atoms with Crippen LogP contribution in [0.15, 0.2) is 24.3 Å². The van der Waals surface area contributed by atoms with Crippen LogP contribution < -0.4 is 5.32 Å². The van der Waals surface area contributed by atoms with Crippen LogP contribution in [-0.2, 0) is 10.8 Å². The minimum atomic E-state index is -0.736. The predicted octanol–water partition coefficient (Wildman–Crippen LogP) is 2.41. The van der Waals surface area contributed by atoms with Gasteiger partial charge in [-0.1, -0.05) is 24.3 Å². The molecule has 0 spiro atoms. The average molecular weight is 239 g/mol. The molecule has 3 atom stereocenters. The van der Waals surface area contributed by atoms with Crippen molar-refractivity contribution in [1.82, 2.24) is 5.32 Å². The third-order valence-electron chi connectivity index (χ3n) is 2.67. The van der Waals surface area contributed by atoms with Crippen molar-refractivity contribution in [2.45, 2.75) is 32.9 Å². The lowest BCUT2D eigenvalue weighted by molar-refractivity contribution is 0.506. The maximum Gasteiger partial charge on any atom is 0.0383 e. The molecule has 1 aromatic rings. The van der Waals surface area contributed by atoms with Crippen molar-refractivity contribution < 1.29 is 4.21 Å². The van der Waals surface area contributed by atoms with Gasteiger partial charge in [0.1, 0.15) is 0 Å². The zero-order valence-electron chi connectivity index (χ0n) is 10.5. The molecule has 3 unspecified atom stereocenters. The van der Waals surface area contributed by atoms with Gasteiger partial charge in [0.25, 0.3) is 0 Å². The van der Waals surface area contributed by atoms with Gasteiger partial charge in [-0.25, -0.2) is 0 Å². The second-order valence-corrected chi connectivity index (χ2v) is 5.87. The summed E-state index contributed by atoms with van der Waals surface area (Å²) in [6, 6.07) is 8.96. The van der Waals surface area contributed by atoms with Gasteiger partial charge in [-0.15, -0.1) is 0 Å². The van der Waals surface area contributed by atoms with Crippen molar-refractivity contribution in [3.05, 3.63) is 35.4 Å². The fraction of sp³-hybridized carbons (Fsp3) is 0.538. The number of aryl methyl sites for hydroxylation is 1. The van der Waals surface area contributed by atoms with E-state index in [0.29, 0.717) is 11.8 Å². The summed E-state index contributed by atoms with van der Waals surface area (Å²) in [6.07, 6.45) is 1.75. The molecule has 3 heteroatoms. The number of nitrogens with one attached hydrogen (secondary N) is 1. The van der Waals surface area contributed by atoms with E-state index < -0.39 is 10.8 Å². The van der Waals surface area contributed by atoms with E-state index in [2.05, 4.69) is 50.4 Å². The first-order valence-electron chi connectivity index (χ1n) is 5.62. The molecule has 2 nitrogen and oxygen atoms in total. The maximum atomic E-state index is 11.1. The van der Waals surface area contributed by atoms with Gasteiger partial charge in [-0.05, 0) is 31.9 Å². The summed E-state index contributed by atoms with van der Waals surface area (Å²) < 4.78 is 11.1. The summed E-state index contributed by atoms with van der Waals surface area (Å²) >= 11 is 0. The molecule has 1 N–H and O–H groups in total. The van der Waals surface area contributed by atoms with Crippen LogP contribution in [0.5, 0.6) is 0 Å². The third kappa shape index (κ3) is 4.06. The van der Waals surface area contributed by atoms with Crippen molar-refractivity contribution >= 4 is 10.8 Å². The van der Waals surface area contributed by atoms with Gasteiger partial charge in [0.05, 0.1) is 0 Å². The number of benzene rings is 1. The van der Waals surface area contributed by atoms with Gasteiger partial charge >= 0.3 is 0 Å². The fourth-order valence-corrected chi connectivity index (χ4v) is 2.79. The molecule has 0 heterocycles. The molecule has 90 valence electrons. The molecular formula is C13H21NOS. The second-order valence-electron chi connectivity index (χ2n) is 4.39. The zero-order valence-corrected chi connectivity index (χ0v) is 11.3. The van der Waals surface area contributed by atoms with Gasteiger partial charge in [0, 0.05) is 34.9 Å². The molecule has 0 bridgehead atoms. The normalized spacial score (nSPS) is 16.8. The van der Waals surface area contributed by atoms with Gasteiger partial charge in [0.15, 0.2) is 0 Å². The quantitative estimate of drug-likeness (QED) is 0.855. The van der Waals surface area contributed by atoms with Crippen molar-refractivity contribution in [2.75, 3.05) is 12.0 Å². The molecule has 0 saturated carbocycles. The Balaban J connectivity index is 2.62. The van der Waals surface area contributed by atoms with Crippen LogP contribution >= 0.6 is 0 Å². The van der Waals surface area contributed by atoms with E-state index in [1.165, 1.54) is 11.1 Å². The van der Waals surface area contributed by atoms with Crippen molar-refractivity contribution in [1.29, 1.82) is 0 Å². The Bertz CT molecular complexity index is 365. The summed E-state index contributed by atoms with van der Waals surface area (Å²) in [5.41, 5.74) is 2.61. The highest BCUT2D eigenvalue weighted by atomic mass is 32.2. The van der Waals surface area contributed by atoms with E-state index in [1.807, 2.05) is 0 Å². The molecule has 1 aromatic carbocycles. The highest BCUT2D eigenvalue weighted by molar-refractivity contribution is 7.84. The van der Waals surface area contributed by atoms with Crippen molar-refractivity contribution in [3.8, 4) is 0 Å². The van der Waals surface area contributed by atoms with Crippen molar-refractivity contribution in [2.24, 2.45) is 0 Å². The van der Waals surface area contributed by atoms with Gasteiger partial charge in [-0.3, -0.25) is 4.21 Å².